The molecule has 0 nitrogen and oxygen atoms in total. The van der Waals surface area contributed by atoms with Crippen molar-refractivity contribution in [1.29, 1.82) is 0 Å². The van der Waals surface area contributed by atoms with Gasteiger partial charge in [-0.3, -0.25) is 0 Å². The van der Waals surface area contributed by atoms with Crippen molar-refractivity contribution in [1.82, 2.24) is 0 Å². The second kappa shape index (κ2) is 4.69. The molecule has 0 amide bonds. The molecular weight excluding hydrogens is 216 g/mol. The van der Waals surface area contributed by atoms with Gasteiger partial charge < -0.3 is 0 Å². The van der Waals surface area contributed by atoms with Gasteiger partial charge in [0.15, 0.2) is 0 Å². The molecule has 4 rings (SSSR count). The summed E-state index contributed by atoms with van der Waals surface area (Å²) < 4.78 is 0. The first-order valence-corrected chi connectivity index (χ1v) is 8.22. The number of rotatable bonds is 5. The Hall–Kier alpha value is -0.260. The summed E-state index contributed by atoms with van der Waals surface area (Å²) >= 11 is 0. The fourth-order valence-electron chi connectivity index (χ4n) is 5.16. The molecule has 4 aliphatic rings. The fourth-order valence-corrected chi connectivity index (χ4v) is 5.16. The topological polar surface area (TPSA) is 0 Å². The van der Waals surface area contributed by atoms with Gasteiger partial charge in [-0.15, -0.1) is 0 Å². The van der Waals surface area contributed by atoms with Crippen LogP contribution in [0.5, 0.6) is 0 Å². The van der Waals surface area contributed by atoms with E-state index in [1.165, 1.54) is 19.3 Å². The normalized spacial score (nSPS) is 47.9. The zero-order chi connectivity index (χ0) is 12.9. The Morgan fingerprint density at radius 2 is 1.94 bits per heavy atom. The lowest BCUT2D eigenvalue weighted by molar-refractivity contribution is 0.0733. The molecule has 4 fully saturated rings. The summed E-state index contributed by atoms with van der Waals surface area (Å²) in [6.45, 7) is 9.51. The monoisotopic (exact) mass is 246 g/mol. The molecule has 7 unspecified atom stereocenters. The average molecular weight is 246 g/mol. The Morgan fingerprint density at radius 1 is 1.22 bits per heavy atom. The van der Waals surface area contributed by atoms with E-state index in [0.29, 0.717) is 0 Å². The minimum absolute atomic E-state index is 1.01. The summed E-state index contributed by atoms with van der Waals surface area (Å²) in [5.74, 6) is 7.49. The third-order valence-electron chi connectivity index (χ3n) is 6.51. The van der Waals surface area contributed by atoms with Crippen LogP contribution in [0.15, 0.2) is 11.6 Å². The largest absolute Gasteiger partial charge is 0.0887 e. The maximum absolute atomic E-state index is 2.56. The van der Waals surface area contributed by atoms with Crippen LogP contribution in [0.3, 0.4) is 0 Å². The molecule has 102 valence electrons. The molecular formula is C18H30. The van der Waals surface area contributed by atoms with Crippen molar-refractivity contribution >= 4 is 0 Å². The van der Waals surface area contributed by atoms with Crippen molar-refractivity contribution in [2.45, 2.75) is 59.8 Å². The highest BCUT2D eigenvalue weighted by atomic mass is 14.6. The predicted molar refractivity (Wildman–Crippen MR) is 78.3 cm³/mol. The molecule has 0 spiro atoms. The summed E-state index contributed by atoms with van der Waals surface area (Å²) in [5.41, 5.74) is 1.62. The van der Waals surface area contributed by atoms with Gasteiger partial charge >= 0.3 is 0 Å². The molecule has 0 aromatic carbocycles. The highest BCUT2D eigenvalue weighted by Gasteiger charge is 2.54. The van der Waals surface area contributed by atoms with Gasteiger partial charge in [-0.1, -0.05) is 25.5 Å². The zero-order valence-corrected chi connectivity index (χ0v) is 12.7. The first-order chi connectivity index (χ1) is 8.60. The van der Waals surface area contributed by atoms with Gasteiger partial charge in [0.1, 0.15) is 0 Å². The first kappa shape index (κ1) is 12.8. The maximum Gasteiger partial charge on any atom is -0.0292 e. The molecule has 0 heterocycles. The number of fused-ring (bicyclic) bond motifs is 1. The van der Waals surface area contributed by atoms with Crippen molar-refractivity contribution < 1.29 is 0 Å². The van der Waals surface area contributed by atoms with Crippen LogP contribution in [-0.2, 0) is 0 Å². The van der Waals surface area contributed by atoms with E-state index in [-0.39, 0.29) is 0 Å². The average Bonchev–Trinajstić information content (AvgIpc) is 2.75. The molecule has 0 aromatic rings. The number of allylic oxidation sites excluding steroid dienone is 2. The molecule has 0 aliphatic heterocycles. The van der Waals surface area contributed by atoms with E-state index in [1.807, 2.05) is 0 Å². The molecule has 7 atom stereocenters. The number of hydrogen-bond acceptors (Lipinski definition) is 0. The summed E-state index contributed by atoms with van der Waals surface area (Å²) in [7, 11) is 0. The van der Waals surface area contributed by atoms with Crippen molar-refractivity contribution in [3.05, 3.63) is 11.6 Å². The molecule has 18 heavy (non-hydrogen) atoms. The third kappa shape index (κ3) is 2.17. The number of hydrogen-bond donors (Lipinski definition) is 0. The van der Waals surface area contributed by atoms with Gasteiger partial charge in [-0.2, -0.15) is 0 Å². The van der Waals surface area contributed by atoms with Crippen LogP contribution in [0.1, 0.15) is 59.8 Å². The van der Waals surface area contributed by atoms with E-state index < -0.39 is 0 Å². The van der Waals surface area contributed by atoms with E-state index in [9.17, 15) is 0 Å². The fraction of sp³-hybridized carbons (Fsp3) is 0.889. The van der Waals surface area contributed by atoms with Gasteiger partial charge in [0.2, 0.25) is 0 Å². The molecule has 0 saturated heterocycles. The Bertz CT molecular complexity index is 340. The van der Waals surface area contributed by atoms with Crippen molar-refractivity contribution in [3.63, 3.8) is 0 Å². The Balaban J connectivity index is 1.54. The lowest BCUT2D eigenvalue weighted by Gasteiger charge is -2.41. The van der Waals surface area contributed by atoms with Crippen LogP contribution in [0.25, 0.3) is 0 Å². The van der Waals surface area contributed by atoms with E-state index >= 15 is 0 Å². The molecule has 2 bridgehead atoms. The van der Waals surface area contributed by atoms with Crippen LogP contribution in [0.2, 0.25) is 0 Å². The smallest absolute Gasteiger partial charge is 0.0292 e. The Morgan fingerprint density at radius 3 is 2.56 bits per heavy atom. The van der Waals surface area contributed by atoms with Crippen molar-refractivity contribution in [2.24, 2.45) is 41.4 Å². The van der Waals surface area contributed by atoms with Crippen LogP contribution >= 0.6 is 0 Å². The lowest BCUT2D eigenvalue weighted by atomic mass is 9.63. The highest BCUT2D eigenvalue weighted by Crippen LogP contribution is 2.62. The third-order valence-corrected chi connectivity index (χ3v) is 6.51. The second-order valence-corrected chi connectivity index (χ2v) is 7.76. The van der Waals surface area contributed by atoms with Crippen LogP contribution in [0.4, 0.5) is 0 Å². The van der Waals surface area contributed by atoms with E-state index in [2.05, 4.69) is 33.8 Å². The molecule has 4 saturated carbocycles. The predicted octanol–water partition coefficient (Wildman–Crippen LogP) is 5.30. The summed E-state index contributed by atoms with van der Waals surface area (Å²) in [5, 5.41) is 0. The van der Waals surface area contributed by atoms with Crippen LogP contribution < -0.4 is 0 Å². The summed E-state index contributed by atoms with van der Waals surface area (Å²) in [6, 6.07) is 0. The van der Waals surface area contributed by atoms with E-state index in [4.69, 9.17) is 0 Å². The van der Waals surface area contributed by atoms with E-state index in [0.717, 1.165) is 41.4 Å². The SMILES string of the molecule is CC=C(C)CC1CC2CC1C2C(C)CC1CC1C. The molecule has 4 aliphatic carbocycles. The van der Waals surface area contributed by atoms with Gasteiger partial charge in [-0.05, 0) is 87.4 Å². The van der Waals surface area contributed by atoms with Crippen molar-refractivity contribution in [3.8, 4) is 0 Å². The van der Waals surface area contributed by atoms with Crippen LogP contribution in [-0.4, -0.2) is 0 Å². The highest BCUT2D eigenvalue weighted by molar-refractivity contribution is 5.08. The zero-order valence-electron chi connectivity index (χ0n) is 12.7. The van der Waals surface area contributed by atoms with Crippen molar-refractivity contribution in [2.75, 3.05) is 0 Å². The van der Waals surface area contributed by atoms with Gasteiger partial charge in [0.05, 0.1) is 0 Å². The maximum atomic E-state index is 2.56. The quantitative estimate of drug-likeness (QED) is 0.578. The minimum Gasteiger partial charge on any atom is -0.0887 e. The molecule has 0 aromatic heterocycles. The Kier molecular flexibility index (Phi) is 3.32. The van der Waals surface area contributed by atoms with Gasteiger partial charge in [-0.25, -0.2) is 0 Å². The van der Waals surface area contributed by atoms with Crippen LogP contribution in [0, 0.1) is 41.4 Å². The van der Waals surface area contributed by atoms with E-state index in [1.54, 1.807) is 18.4 Å². The minimum atomic E-state index is 1.01. The second-order valence-electron chi connectivity index (χ2n) is 7.76. The Labute approximate surface area is 113 Å². The molecule has 0 N–H and O–H groups in total. The lowest BCUT2D eigenvalue weighted by Crippen LogP contribution is -2.35. The molecule has 0 radical (unpaired) electrons. The summed E-state index contributed by atoms with van der Waals surface area (Å²) in [6.07, 6.45) is 9.88. The summed E-state index contributed by atoms with van der Waals surface area (Å²) in [4.78, 5) is 0. The standard InChI is InChI=1S/C18H30/c1-5-11(2)6-15-9-16-10-17(15)18(16)13(4)8-14-7-12(14)3/h5,12-18H,6-10H2,1-4H3. The van der Waals surface area contributed by atoms with Gasteiger partial charge in [0.25, 0.3) is 0 Å². The first-order valence-electron chi connectivity index (χ1n) is 8.22. The molecule has 0 heteroatoms. The van der Waals surface area contributed by atoms with Gasteiger partial charge in [0, 0.05) is 0 Å².